The number of aromatic nitrogens is 1. The predicted molar refractivity (Wildman–Crippen MR) is 96.0 cm³/mol. The van der Waals surface area contributed by atoms with Crippen molar-refractivity contribution in [3.63, 3.8) is 0 Å². The van der Waals surface area contributed by atoms with Gasteiger partial charge in [-0.1, -0.05) is 30.3 Å². The summed E-state index contributed by atoms with van der Waals surface area (Å²) in [6, 6.07) is 16.0. The van der Waals surface area contributed by atoms with Gasteiger partial charge in [0.05, 0.1) is 6.61 Å². The molecular formula is C19H17NO4S. The molecule has 0 fully saturated rings. The van der Waals surface area contributed by atoms with Crippen molar-refractivity contribution in [2.75, 3.05) is 7.11 Å². The van der Waals surface area contributed by atoms with E-state index in [1.807, 2.05) is 36.4 Å². The van der Waals surface area contributed by atoms with Gasteiger partial charge in [0, 0.05) is 12.5 Å². The number of hydrogen-bond donors (Lipinski definition) is 1. The molecule has 0 saturated carbocycles. The van der Waals surface area contributed by atoms with Crippen LogP contribution in [0, 0.1) is 0 Å². The highest BCUT2D eigenvalue weighted by Crippen LogP contribution is 2.24. The van der Waals surface area contributed by atoms with Crippen LogP contribution >= 0.6 is 11.3 Å². The number of benzene rings is 2. The van der Waals surface area contributed by atoms with Crippen molar-refractivity contribution in [1.29, 1.82) is 0 Å². The van der Waals surface area contributed by atoms with E-state index in [1.165, 1.54) is 16.7 Å². The van der Waals surface area contributed by atoms with E-state index in [0.29, 0.717) is 17.4 Å². The molecule has 0 aliphatic carbocycles. The maximum absolute atomic E-state index is 10.8. The van der Waals surface area contributed by atoms with Gasteiger partial charge in [-0.2, -0.15) is 0 Å². The van der Waals surface area contributed by atoms with E-state index in [1.54, 1.807) is 7.11 Å². The summed E-state index contributed by atoms with van der Waals surface area (Å²) < 4.78 is 10.8. The van der Waals surface area contributed by atoms with Gasteiger partial charge >= 0.3 is 5.97 Å². The monoisotopic (exact) mass is 355 g/mol. The number of methoxy groups -OCH3 is 1. The molecule has 6 heteroatoms. The summed E-state index contributed by atoms with van der Waals surface area (Å²) in [6.45, 7) is 0.835. The third kappa shape index (κ3) is 4.43. The Hall–Kier alpha value is -2.70. The summed E-state index contributed by atoms with van der Waals surface area (Å²) in [6.07, 6.45) is 0. The molecule has 0 saturated heterocycles. The van der Waals surface area contributed by atoms with Gasteiger partial charge in [0.25, 0.3) is 0 Å². The summed E-state index contributed by atoms with van der Waals surface area (Å²) in [7, 11) is 1.68. The minimum atomic E-state index is -1.03. The third-order valence-corrected chi connectivity index (χ3v) is 4.38. The molecule has 1 aromatic heterocycles. The lowest BCUT2D eigenvalue weighted by Gasteiger charge is -2.07. The van der Waals surface area contributed by atoms with Gasteiger partial charge < -0.3 is 14.6 Å². The maximum atomic E-state index is 10.8. The number of carbonyl (C=O) groups is 1. The second kappa shape index (κ2) is 7.92. The number of nitrogens with zero attached hydrogens (tertiary/aromatic N) is 1. The van der Waals surface area contributed by atoms with Crippen molar-refractivity contribution in [3.8, 4) is 16.9 Å². The van der Waals surface area contributed by atoms with Crippen molar-refractivity contribution in [2.24, 2.45) is 0 Å². The summed E-state index contributed by atoms with van der Waals surface area (Å²) in [5.74, 6) is -0.313. The van der Waals surface area contributed by atoms with Crippen LogP contribution in [0.15, 0.2) is 53.9 Å². The number of carboxylic acid groups (broad SMARTS) is 1. The summed E-state index contributed by atoms with van der Waals surface area (Å²) in [4.78, 5) is 14.8. The zero-order valence-corrected chi connectivity index (χ0v) is 14.5. The number of hydrogen-bond acceptors (Lipinski definition) is 5. The standard InChI is InChI=1S/C19H17NO4S/c1-23-10-13-3-2-4-15(9-13)14-5-7-16(8-6-14)24-11-18-20-17(12-25-18)19(21)22/h2-9,12H,10-11H2,1H3,(H,21,22). The van der Waals surface area contributed by atoms with Gasteiger partial charge in [0.1, 0.15) is 17.4 Å². The van der Waals surface area contributed by atoms with Gasteiger partial charge in [0.15, 0.2) is 5.69 Å². The Morgan fingerprint density at radius 3 is 2.60 bits per heavy atom. The fourth-order valence-corrected chi connectivity index (χ4v) is 3.05. The van der Waals surface area contributed by atoms with Crippen LogP contribution in [0.4, 0.5) is 0 Å². The van der Waals surface area contributed by atoms with E-state index in [4.69, 9.17) is 14.6 Å². The van der Waals surface area contributed by atoms with Crippen LogP contribution in [0.5, 0.6) is 5.75 Å². The highest BCUT2D eigenvalue weighted by Gasteiger charge is 2.09. The summed E-state index contributed by atoms with van der Waals surface area (Å²) in [5.41, 5.74) is 3.38. The van der Waals surface area contributed by atoms with Crippen LogP contribution in [0.2, 0.25) is 0 Å². The molecule has 0 aliphatic heterocycles. The lowest BCUT2D eigenvalue weighted by molar-refractivity contribution is 0.0691. The van der Waals surface area contributed by atoms with Crippen LogP contribution in [-0.4, -0.2) is 23.2 Å². The van der Waals surface area contributed by atoms with E-state index < -0.39 is 5.97 Å². The Bertz CT molecular complexity index is 858. The van der Waals surface area contributed by atoms with Crippen LogP contribution in [-0.2, 0) is 18.0 Å². The van der Waals surface area contributed by atoms with E-state index in [2.05, 4.69) is 17.1 Å². The van der Waals surface area contributed by atoms with Gasteiger partial charge in [-0.3, -0.25) is 0 Å². The minimum absolute atomic E-state index is 0.0508. The van der Waals surface area contributed by atoms with E-state index in [0.717, 1.165) is 16.7 Å². The fourth-order valence-electron chi connectivity index (χ4n) is 2.37. The van der Waals surface area contributed by atoms with Gasteiger partial charge in [0.2, 0.25) is 0 Å². The Labute approximate surface area is 149 Å². The lowest BCUT2D eigenvalue weighted by Crippen LogP contribution is -1.99. The number of thiazole rings is 1. The zero-order valence-electron chi connectivity index (χ0n) is 13.6. The number of rotatable bonds is 7. The predicted octanol–water partition coefficient (Wildman–Crippen LogP) is 4.23. The first kappa shape index (κ1) is 17.1. The van der Waals surface area contributed by atoms with Crippen molar-refractivity contribution < 1.29 is 19.4 Å². The van der Waals surface area contributed by atoms with Crippen LogP contribution in [0.3, 0.4) is 0 Å². The first-order valence-corrected chi connectivity index (χ1v) is 8.52. The van der Waals surface area contributed by atoms with Gasteiger partial charge in [-0.05, 0) is 34.9 Å². The average molecular weight is 355 g/mol. The lowest BCUT2D eigenvalue weighted by atomic mass is 10.0. The Balaban J connectivity index is 1.65. The first-order valence-electron chi connectivity index (χ1n) is 7.64. The van der Waals surface area contributed by atoms with Crippen molar-refractivity contribution in [1.82, 2.24) is 4.98 Å². The van der Waals surface area contributed by atoms with Crippen molar-refractivity contribution in [3.05, 3.63) is 70.2 Å². The molecule has 0 amide bonds. The molecule has 0 aliphatic rings. The molecule has 0 unspecified atom stereocenters. The highest BCUT2D eigenvalue weighted by atomic mass is 32.1. The summed E-state index contributed by atoms with van der Waals surface area (Å²) in [5, 5.41) is 11.0. The molecule has 0 radical (unpaired) electrons. The van der Waals surface area contributed by atoms with E-state index in [9.17, 15) is 4.79 Å². The number of ether oxygens (including phenoxy) is 2. The second-order valence-corrected chi connectivity index (χ2v) is 6.32. The van der Waals surface area contributed by atoms with Crippen LogP contribution in [0.25, 0.3) is 11.1 Å². The Kier molecular flexibility index (Phi) is 5.42. The van der Waals surface area contributed by atoms with Crippen LogP contribution < -0.4 is 4.74 Å². The van der Waals surface area contributed by atoms with Gasteiger partial charge in [-0.25, -0.2) is 9.78 Å². The molecule has 0 atom stereocenters. The molecule has 0 spiro atoms. The molecule has 3 rings (SSSR count). The Morgan fingerprint density at radius 1 is 1.12 bits per heavy atom. The molecular weight excluding hydrogens is 338 g/mol. The van der Waals surface area contributed by atoms with E-state index in [-0.39, 0.29) is 12.3 Å². The smallest absolute Gasteiger partial charge is 0.355 e. The average Bonchev–Trinajstić information content (AvgIpc) is 3.10. The molecule has 0 bridgehead atoms. The number of aromatic carboxylic acids is 1. The van der Waals surface area contributed by atoms with Gasteiger partial charge in [-0.15, -0.1) is 11.3 Å². The normalized spacial score (nSPS) is 10.6. The number of carboxylic acids is 1. The fraction of sp³-hybridized carbons (Fsp3) is 0.158. The topological polar surface area (TPSA) is 68.7 Å². The maximum Gasteiger partial charge on any atom is 0.355 e. The van der Waals surface area contributed by atoms with E-state index >= 15 is 0 Å². The SMILES string of the molecule is COCc1cccc(-c2ccc(OCc3nc(C(=O)O)cs3)cc2)c1. The first-order chi connectivity index (χ1) is 12.2. The molecule has 5 nitrogen and oxygen atoms in total. The highest BCUT2D eigenvalue weighted by molar-refractivity contribution is 7.09. The quantitative estimate of drug-likeness (QED) is 0.687. The van der Waals surface area contributed by atoms with Crippen LogP contribution in [0.1, 0.15) is 21.1 Å². The Morgan fingerprint density at radius 2 is 1.92 bits per heavy atom. The zero-order chi connectivity index (χ0) is 17.6. The molecule has 1 N–H and O–H groups in total. The minimum Gasteiger partial charge on any atom is -0.486 e. The molecule has 1 heterocycles. The van der Waals surface area contributed by atoms with Crippen molar-refractivity contribution in [2.45, 2.75) is 13.2 Å². The largest absolute Gasteiger partial charge is 0.486 e. The second-order valence-electron chi connectivity index (χ2n) is 5.38. The molecule has 3 aromatic rings. The van der Waals surface area contributed by atoms with Crippen molar-refractivity contribution >= 4 is 17.3 Å². The molecule has 2 aromatic carbocycles. The molecule has 128 valence electrons. The third-order valence-electron chi connectivity index (χ3n) is 3.56. The summed E-state index contributed by atoms with van der Waals surface area (Å²) >= 11 is 1.27. The molecule has 25 heavy (non-hydrogen) atoms.